The van der Waals surface area contributed by atoms with Crippen LogP contribution in [0.15, 0.2) is 46.9 Å². The van der Waals surface area contributed by atoms with Gasteiger partial charge in [0.25, 0.3) is 0 Å². The minimum absolute atomic E-state index is 0.285. The highest BCUT2D eigenvalue weighted by molar-refractivity contribution is 9.10. The summed E-state index contributed by atoms with van der Waals surface area (Å²) in [5.41, 5.74) is 2.86. The van der Waals surface area contributed by atoms with Crippen molar-refractivity contribution in [2.45, 2.75) is 25.9 Å². The maximum atomic E-state index is 13.2. The predicted octanol–water partition coefficient (Wildman–Crippen LogP) is 4.43. The minimum Gasteiger partial charge on any atom is -0.388 e. The van der Waals surface area contributed by atoms with E-state index in [1.807, 2.05) is 24.3 Å². The van der Waals surface area contributed by atoms with Gasteiger partial charge < -0.3 is 5.11 Å². The van der Waals surface area contributed by atoms with Crippen LogP contribution in [0, 0.1) is 5.82 Å². The van der Waals surface area contributed by atoms with Crippen molar-refractivity contribution < 1.29 is 9.50 Å². The van der Waals surface area contributed by atoms with Gasteiger partial charge in [-0.05, 0) is 41.3 Å². The molecule has 0 spiro atoms. The van der Waals surface area contributed by atoms with Gasteiger partial charge in [0.1, 0.15) is 5.82 Å². The lowest BCUT2D eigenvalue weighted by Gasteiger charge is -2.13. The zero-order valence-corrected chi connectivity index (χ0v) is 12.3. The first kappa shape index (κ1) is 14.2. The average molecular weight is 323 g/mol. The predicted molar refractivity (Wildman–Crippen MR) is 78.6 cm³/mol. The quantitative estimate of drug-likeness (QED) is 0.883. The van der Waals surface area contributed by atoms with E-state index in [0.29, 0.717) is 6.42 Å². The third-order valence-electron chi connectivity index (χ3n) is 3.19. The largest absolute Gasteiger partial charge is 0.388 e. The Kier molecular flexibility index (Phi) is 4.72. The lowest BCUT2D eigenvalue weighted by molar-refractivity contribution is 0.178. The highest BCUT2D eigenvalue weighted by atomic mass is 79.9. The summed E-state index contributed by atoms with van der Waals surface area (Å²) < 4.78 is 14.0. The summed E-state index contributed by atoms with van der Waals surface area (Å²) in [5, 5.41) is 10.2. The molecule has 100 valence electrons. The Morgan fingerprint density at radius 3 is 2.47 bits per heavy atom. The minimum atomic E-state index is -0.621. The molecule has 0 aliphatic carbocycles. The van der Waals surface area contributed by atoms with E-state index in [2.05, 4.69) is 22.9 Å². The fourth-order valence-electron chi connectivity index (χ4n) is 2.00. The zero-order valence-electron chi connectivity index (χ0n) is 10.7. The Bertz CT molecular complexity index is 551. The number of rotatable bonds is 4. The van der Waals surface area contributed by atoms with E-state index in [1.54, 1.807) is 6.07 Å². The Hall–Kier alpha value is -1.19. The first-order valence-electron chi connectivity index (χ1n) is 6.31. The number of halogens is 2. The fraction of sp³-hybridized carbons (Fsp3) is 0.250. The number of hydrogen-bond donors (Lipinski definition) is 1. The first-order valence-corrected chi connectivity index (χ1v) is 7.10. The summed E-state index contributed by atoms with van der Waals surface area (Å²) in [6.45, 7) is 2.09. The van der Waals surface area contributed by atoms with Crippen LogP contribution < -0.4 is 0 Å². The van der Waals surface area contributed by atoms with Gasteiger partial charge >= 0.3 is 0 Å². The highest BCUT2D eigenvalue weighted by Gasteiger charge is 2.11. The number of benzene rings is 2. The van der Waals surface area contributed by atoms with Crippen LogP contribution in [0.3, 0.4) is 0 Å². The number of aliphatic hydroxyl groups is 1. The van der Waals surface area contributed by atoms with Crippen molar-refractivity contribution in [1.29, 1.82) is 0 Å². The molecule has 1 N–H and O–H groups in total. The van der Waals surface area contributed by atoms with Crippen molar-refractivity contribution in [2.75, 3.05) is 0 Å². The van der Waals surface area contributed by atoms with Crippen LogP contribution in [-0.4, -0.2) is 5.11 Å². The summed E-state index contributed by atoms with van der Waals surface area (Å²) in [7, 11) is 0. The standard InChI is InChI=1S/C16H16BrFO/c1-2-11-3-5-12(6-4-11)16(19)10-13-9-14(18)7-8-15(13)17/h3-9,16,19H,2,10H2,1H3. The molecular formula is C16H16BrFO. The molecule has 1 nitrogen and oxygen atoms in total. The van der Waals surface area contributed by atoms with Crippen molar-refractivity contribution >= 4 is 15.9 Å². The molecule has 2 aromatic rings. The van der Waals surface area contributed by atoms with E-state index in [-0.39, 0.29) is 5.82 Å². The van der Waals surface area contributed by atoms with Gasteiger partial charge in [0, 0.05) is 10.9 Å². The van der Waals surface area contributed by atoms with Gasteiger partial charge in [0.15, 0.2) is 0 Å². The van der Waals surface area contributed by atoms with Gasteiger partial charge in [-0.15, -0.1) is 0 Å². The molecule has 0 heterocycles. The van der Waals surface area contributed by atoms with Gasteiger partial charge in [-0.25, -0.2) is 4.39 Å². The summed E-state index contributed by atoms with van der Waals surface area (Å²) in [6, 6.07) is 12.4. The summed E-state index contributed by atoms with van der Waals surface area (Å²) in [6.07, 6.45) is 0.749. The monoisotopic (exact) mass is 322 g/mol. The van der Waals surface area contributed by atoms with Crippen LogP contribution in [-0.2, 0) is 12.8 Å². The molecule has 0 saturated carbocycles. The third kappa shape index (κ3) is 3.64. The number of hydrogen-bond acceptors (Lipinski definition) is 1. The second kappa shape index (κ2) is 6.31. The van der Waals surface area contributed by atoms with Crippen LogP contribution >= 0.6 is 15.9 Å². The van der Waals surface area contributed by atoms with Gasteiger partial charge in [0.05, 0.1) is 6.10 Å². The van der Waals surface area contributed by atoms with Crippen molar-refractivity contribution in [3.8, 4) is 0 Å². The lowest BCUT2D eigenvalue weighted by atomic mass is 10.00. The molecule has 0 amide bonds. The second-order valence-corrected chi connectivity index (χ2v) is 5.41. The lowest BCUT2D eigenvalue weighted by Crippen LogP contribution is -2.03. The Morgan fingerprint density at radius 2 is 1.84 bits per heavy atom. The molecule has 1 unspecified atom stereocenters. The van der Waals surface area contributed by atoms with Crippen molar-refractivity contribution in [3.05, 3.63) is 69.4 Å². The van der Waals surface area contributed by atoms with Crippen LogP contribution in [0.1, 0.15) is 29.7 Å². The molecule has 2 rings (SSSR count). The molecule has 0 aliphatic heterocycles. The molecule has 0 fully saturated rings. The van der Waals surface area contributed by atoms with Gasteiger partial charge in [-0.2, -0.15) is 0 Å². The second-order valence-electron chi connectivity index (χ2n) is 4.55. The fourth-order valence-corrected chi connectivity index (χ4v) is 2.41. The van der Waals surface area contributed by atoms with Gasteiger partial charge in [-0.3, -0.25) is 0 Å². The summed E-state index contributed by atoms with van der Waals surface area (Å²) in [4.78, 5) is 0. The van der Waals surface area contributed by atoms with E-state index in [9.17, 15) is 9.50 Å². The van der Waals surface area contributed by atoms with E-state index in [4.69, 9.17) is 0 Å². The summed E-state index contributed by atoms with van der Waals surface area (Å²) >= 11 is 3.38. The smallest absolute Gasteiger partial charge is 0.123 e. The SMILES string of the molecule is CCc1ccc(C(O)Cc2cc(F)ccc2Br)cc1. The van der Waals surface area contributed by atoms with Gasteiger partial charge in [0.2, 0.25) is 0 Å². The van der Waals surface area contributed by atoms with Crippen LogP contribution in [0.25, 0.3) is 0 Å². The molecule has 0 bridgehead atoms. The maximum Gasteiger partial charge on any atom is 0.123 e. The Labute approximate surface area is 121 Å². The van der Waals surface area contributed by atoms with Gasteiger partial charge in [-0.1, -0.05) is 47.1 Å². The zero-order chi connectivity index (χ0) is 13.8. The van der Waals surface area contributed by atoms with Crippen molar-refractivity contribution in [2.24, 2.45) is 0 Å². The summed E-state index contributed by atoms with van der Waals surface area (Å²) in [5.74, 6) is -0.285. The third-order valence-corrected chi connectivity index (χ3v) is 3.97. The Morgan fingerprint density at radius 1 is 1.16 bits per heavy atom. The molecule has 19 heavy (non-hydrogen) atoms. The van der Waals surface area contributed by atoms with E-state index in [1.165, 1.54) is 17.7 Å². The molecule has 0 aliphatic rings. The molecular weight excluding hydrogens is 307 g/mol. The van der Waals surface area contributed by atoms with E-state index in [0.717, 1.165) is 22.0 Å². The topological polar surface area (TPSA) is 20.2 Å². The average Bonchev–Trinajstić information content (AvgIpc) is 2.43. The molecule has 0 radical (unpaired) electrons. The molecule has 1 atom stereocenters. The first-order chi connectivity index (χ1) is 9.10. The molecule has 0 aromatic heterocycles. The maximum absolute atomic E-state index is 13.2. The van der Waals surface area contributed by atoms with E-state index >= 15 is 0 Å². The van der Waals surface area contributed by atoms with E-state index < -0.39 is 6.10 Å². The van der Waals surface area contributed by atoms with Crippen molar-refractivity contribution in [1.82, 2.24) is 0 Å². The van der Waals surface area contributed by atoms with Crippen molar-refractivity contribution in [3.63, 3.8) is 0 Å². The van der Waals surface area contributed by atoms with Crippen LogP contribution in [0.2, 0.25) is 0 Å². The van der Waals surface area contributed by atoms with Crippen LogP contribution in [0.4, 0.5) is 4.39 Å². The molecule has 3 heteroatoms. The normalized spacial score (nSPS) is 12.4. The Balaban J connectivity index is 2.15. The highest BCUT2D eigenvalue weighted by Crippen LogP contribution is 2.25. The number of aryl methyl sites for hydroxylation is 1. The molecule has 0 saturated heterocycles. The van der Waals surface area contributed by atoms with Crippen LogP contribution in [0.5, 0.6) is 0 Å². The number of aliphatic hydroxyl groups excluding tert-OH is 1. The molecule has 2 aromatic carbocycles.